The maximum atomic E-state index is 10.0. The molecular formula is C8H8ClNO. The van der Waals surface area contributed by atoms with E-state index in [1.165, 1.54) is 0 Å². The van der Waals surface area contributed by atoms with E-state index in [2.05, 4.69) is 5.18 Å². The highest BCUT2D eigenvalue weighted by Gasteiger charge is 2.04. The van der Waals surface area contributed by atoms with Gasteiger partial charge < -0.3 is 0 Å². The van der Waals surface area contributed by atoms with Crippen molar-refractivity contribution in [3.63, 3.8) is 0 Å². The molecule has 0 saturated carbocycles. The zero-order chi connectivity index (χ0) is 8.27. The van der Waals surface area contributed by atoms with E-state index in [0.29, 0.717) is 0 Å². The Bertz CT molecular complexity index is 245. The Balaban J connectivity index is 2.89. The summed E-state index contributed by atoms with van der Waals surface area (Å²) in [5.74, 6) is 0. The van der Waals surface area contributed by atoms with E-state index in [1.54, 1.807) is 12.1 Å². The molecule has 1 rings (SSSR count). The quantitative estimate of drug-likeness (QED) is 0.380. The number of halogens is 1. The van der Waals surface area contributed by atoms with Gasteiger partial charge in [-0.05, 0) is 17.7 Å². The molecule has 1 atom stereocenters. The Kier molecular flexibility index (Phi) is 2.60. The minimum atomic E-state index is -0.754. The molecule has 1 unspecified atom stereocenters. The van der Waals surface area contributed by atoms with Gasteiger partial charge in [0.1, 0.15) is 0 Å². The van der Waals surface area contributed by atoms with Gasteiger partial charge in [-0.2, -0.15) is 0 Å². The normalized spacial score (nSPS) is 12.5. The zero-order valence-corrected chi connectivity index (χ0v) is 6.88. The number of rotatable bonds is 2. The topological polar surface area (TPSA) is 29.4 Å². The van der Waals surface area contributed by atoms with Crippen LogP contribution in [0.5, 0.6) is 0 Å². The molecule has 0 N–H and O–H groups in total. The zero-order valence-electron chi connectivity index (χ0n) is 6.12. The lowest BCUT2D eigenvalue weighted by Gasteiger charge is -1.99. The van der Waals surface area contributed by atoms with E-state index < -0.39 is 5.50 Å². The molecule has 0 radical (unpaired) electrons. The molecule has 0 aliphatic rings. The van der Waals surface area contributed by atoms with Crippen molar-refractivity contribution in [1.82, 2.24) is 0 Å². The van der Waals surface area contributed by atoms with Gasteiger partial charge in [0.2, 0.25) is 0 Å². The van der Waals surface area contributed by atoms with Gasteiger partial charge >= 0.3 is 0 Å². The molecular weight excluding hydrogens is 162 g/mol. The molecule has 1 aromatic rings. The summed E-state index contributed by atoms with van der Waals surface area (Å²) in [6, 6.07) is 7.40. The van der Waals surface area contributed by atoms with Crippen molar-refractivity contribution in [2.24, 2.45) is 5.18 Å². The van der Waals surface area contributed by atoms with Gasteiger partial charge in [0, 0.05) is 0 Å². The van der Waals surface area contributed by atoms with Gasteiger partial charge in [0.15, 0.2) is 5.50 Å². The molecule has 11 heavy (non-hydrogen) atoms. The van der Waals surface area contributed by atoms with Crippen molar-refractivity contribution in [3.8, 4) is 0 Å². The molecule has 0 aromatic heterocycles. The second kappa shape index (κ2) is 3.49. The number of hydrogen-bond acceptors (Lipinski definition) is 2. The van der Waals surface area contributed by atoms with Gasteiger partial charge in [0.05, 0.1) is 0 Å². The number of aryl methyl sites for hydroxylation is 1. The van der Waals surface area contributed by atoms with Crippen LogP contribution in [0.3, 0.4) is 0 Å². The average Bonchev–Trinajstić information content (AvgIpc) is 2.05. The molecule has 0 saturated heterocycles. The van der Waals surface area contributed by atoms with Crippen LogP contribution in [0.25, 0.3) is 0 Å². The maximum absolute atomic E-state index is 10.0. The van der Waals surface area contributed by atoms with Gasteiger partial charge in [-0.15, -0.1) is 4.91 Å². The summed E-state index contributed by atoms with van der Waals surface area (Å²) < 4.78 is 0. The number of benzene rings is 1. The second-order valence-corrected chi connectivity index (χ2v) is 2.77. The lowest BCUT2D eigenvalue weighted by Crippen LogP contribution is -1.84. The SMILES string of the molecule is Cc1ccc(C(Cl)N=O)cc1. The van der Waals surface area contributed by atoms with Crippen molar-refractivity contribution >= 4 is 11.6 Å². The molecule has 0 amide bonds. The Morgan fingerprint density at radius 2 is 1.91 bits per heavy atom. The summed E-state index contributed by atoms with van der Waals surface area (Å²) in [6.45, 7) is 1.97. The van der Waals surface area contributed by atoms with Gasteiger partial charge in [-0.25, -0.2) is 0 Å². The highest BCUT2D eigenvalue weighted by atomic mass is 35.5. The van der Waals surface area contributed by atoms with Crippen molar-refractivity contribution < 1.29 is 0 Å². The lowest BCUT2D eigenvalue weighted by atomic mass is 10.1. The highest BCUT2D eigenvalue weighted by Crippen LogP contribution is 2.20. The van der Waals surface area contributed by atoms with Crippen molar-refractivity contribution in [2.75, 3.05) is 0 Å². The van der Waals surface area contributed by atoms with Crippen LogP contribution in [0.2, 0.25) is 0 Å². The summed E-state index contributed by atoms with van der Waals surface area (Å²) in [6.07, 6.45) is 0. The Labute approximate surface area is 70.2 Å². The summed E-state index contributed by atoms with van der Waals surface area (Å²) in [7, 11) is 0. The van der Waals surface area contributed by atoms with Crippen molar-refractivity contribution in [3.05, 3.63) is 40.3 Å². The van der Waals surface area contributed by atoms with E-state index in [-0.39, 0.29) is 0 Å². The van der Waals surface area contributed by atoms with Crippen LogP contribution < -0.4 is 0 Å². The van der Waals surface area contributed by atoms with E-state index in [0.717, 1.165) is 11.1 Å². The molecule has 0 aliphatic heterocycles. The Morgan fingerprint density at radius 3 is 2.36 bits per heavy atom. The smallest absolute Gasteiger partial charge is 0.149 e. The first-order valence-corrected chi connectivity index (χ1v) is 3.71. The first-order chi connectivity index (χ1) is 5.24. The third-order valence-electron chi connectivity index (χ3n) is 1.44. The van der Waals surface area contributed by atoms with Crippen molar-refractivity contribution in [2.45, 2.75) is 12.4 Å². The second-order valence-electron chi connectivity index (χ2n) is 2.35. The van der Waals surface area contributed by atoms with Gasteiger partial charge in [0.25, 0.3) is 0 Å². The monoisotopic (exact) mass is 169 g/mol. The third-order valence-corrected chi connectivity index (χ3v) is 1.78. The van der Waals surface area contributed by atoms with Crippen LogP contribution >= 0.6 is 11.6 Å². The number of nitroso groups, excluding NO2 is 1. The van der Waals surface area contributed by atoms with E-state index in [1.807, 2.05) is 19.1 Å². The summed E-state index contributed by atoms with van der Waals surface area (Å²) in [4.78, 5) is 10.0. The van der Waals surface area contributed by atoms with Crippen LogP contribution in [0.4, 0.5) is 0 Å². The van der Waals surface area contributed by atoms with Crippen molar-refractivity contribution in [1.29, 1.82) is 0 Å². The van der Waals surface area contributed by atoms with E-state index >= 15 is 0 Å². The number of nitrogens with zero attached hydrogens (tertiary/aromatic N) is 1. The standard InChI is InChI=1S/C8H8ClNO/c1-6-2-4-7(5-3-6)8(9)10-11/h2-5,8H,1H3. The molecule has 0 spiro atoms. The maximum Gasteiger partial charge on any atom is 0.190 e. The van der Waals surface area contributed by atoms with E-state index in [4.69, 9.17) is 11.6 Å². The number of alkyl halides is 1. The van der Waals surface area contributed by atoms with Crippen LogP contribution in [-0.4, -0.2) is 0 Å². The molecule has 0 fully saturated rings. The summed E-state index contributed by atoms with van der Waals surface area (Å²) >= 11 is 5.56. The Morgan fingerprint density at radius 1 is 1.36 bits per heavy atom. The van der Waals surface area contributed by atoms with Crippen LogP contribution in [0, 0.1) is 11.8 Å². The molecule has 3 heteroatoms. The summed E-state index contributed by atoms with van der Waals surface area (Å²) in [5, 5.41) is 2.70. The fourth-order valence-corrected chi connectivity index (χ4v) is 0.932. The Hall–Kier alpha value is -0.890. The minimum absolute atomic E-state index is 0.743. The first kappa shape index (κ1) is 8.21. The van der Waals surface area contributed by atoms with Gasteiger partial charge in [-0.3, -0.25) is 0 Å². The molecule has 2 nitrogen and oxygen atoms in total. The minimum Gasteiger partial charge on any atom is -0.149 e. The molecule has 0 bridgehead atoms. The third kappa shape index (κ3) is 2.02. The van der Waals surface area contributed by atoms with Gasteiger partial charge in [-0.1, -0.05) is 41.4 Å². The highest BCUT2D eigenvalue weighted by molar-refractivity contribution is 6.20. The average molecular weight is 170 g/mol. The van der Waals surface area contributed by atoms with E-state index in [9.17, 15) is 4.91 Å². The molecule has 0 heterocycles. The molecule has 58 valence electrons. The van der Waals surface area contributed by atoms with Crippen LogP contribution in [0.1, 0.15) is 16.6 Å². The number of hydrogen-bond donors (Lipinski definition) is 0. The fraction of sp³-hybridized carbons (Fsp3) is 0.250. The molecule has 0 aliphatic carbocycles. The summed E-state index contributed by atoms with van der Waals surface area (Å²) in [5.41, 5.74) is 1.13. The van der Waals surface area contributed by atoms with Crippen LogP contribution in [-0.2, 0) is 0 Å². The largest absolute Gasteiger partial charge is 0.190 e. The predicted octanol–water partition coefficient (Wildman–Crippen LogP) is 3.00. The first-order valence-electron chi connectivity index (χ1n) is 3.27. The lowest BCUT2D eigenvalue weighted by molar-refractivity contribution is 1.00. The fourth-order valence-electron chi connectivity index (χ4n) is 0.786. The molecule has 1 aromatic carbocycles. The predicted molar refractivity (Wildman–Crippen MR) is 45.6 cm³/mol. The van der Waals surface area contributed by atoms with Crippen LogP contribution in [0.15, 0.2) is 29.4 Å².